The molecule has 0 saturated carbocycles. The Hall–Kier alpha value is -1.63. The number of nitrogens with zero attached hydrogens (tertiary/aromatic N) is 2. The summed E-state index contributed by atoms with van der Waals surface area (Å²) in [5, 5.41) is 6.53. The molecule has 1 N–H and O–H groups in total. The molecule has 0 amide bonds. The number of aryl methyl sites for hydroxylation is 1. The molecule has 0 unspecified atom stereocenters. The highest BCUT2D eigenvalue weighted by molar-refractivity contribution is 7.15. The molecular formula is C9H7F2N3OS. The van der Waals surface area contributed by atoms with E-state index in [9.17, 15) is 13.6 Å². The van der Waals surface area contributed by atoms with Gasteiger partial charge in [-0.3, -0.25) is 9.89 Å². The third-order valence-electron chi connectivity index (χ3n) is 2.06. The average molecular weight is 243 g/mol. The zero-order chi connectivity index (χ0) is 11.7. The van der Waals surface area contributed by atoms with E-state index in [0.29, 0.717) is 21.7 Å². The van der Waals surface area contributed by atoms with Crippen molar-refractivity contribution in [2.45, 2.75) is 13.3 Å². The molecule has 7 heteroatoms. The van der Waals surface area contributed by atoms with Crippen LogP contribution in [0, 0.1) is 6.92 Å². The predicted octanol–water partition coefficient (Wildman–Crippen LogP) is 2.59. The molecule has 0 aromatic carbocycles. The fraction of sp³-hybridized carbons (Fsp3) is 0.222. The summed E-state index contributed by atoms with van der Waals surface area (Å²) in [6, 6.07) is 0. The van der Waals surface area contributed by atoms with Crippen molar-refractivity contribution in [2.24, 2.45) is 0 Å². The molecule has 4 nitrogen and oxygen atoms in total. The maximum absolute atomic E-state index is 12.5. The van der Waals surface area contributed by atoms with E-state index >= 15 is 0 Å². The van der Waals surface area contributed by atoms with E-state index in [2.05, 4.69) is 15.2 Å². The largest absolute Gasteiger partial charge is 0.296 e. The van der Waals surface area contributed by atoms with Crippen LogP contribution < -0.4 is 0 Å². The van der Waals surface area contributed by atoms with Gasteiger partial charge in [-0.2, -0.15) is 5.10 Å². The summed E-state index contributed by atoms with van der Waals surface area (Å²) in [6.07, 6.45) is -0.616. The van der Waals surface area contributed by atoms with Crippen molar-refractivity contribution in [3.8, 4) is 10.6 Å². The second kappa shape index (κ2) is 4.09. The van der Waals surface area contributed by atoms with Gasteiger partial charge in [0.1, 0.15) is 16.4 Å². The molecule has 0 bridgehead atoms. The van der Waals surface area contributed by atoms with Gasteiger partial charge in [0.15, 0.2) is 6.29 Å². The molecule has 16 heavy (non-hydrogen) atoms. The molecule has 0 spiro atoms. The fourth-order valence-corrected chi connectivity index (χ4v) is 2.23. The minimum atomic E-state index is -2.60. The van der Waals surface area contributed by atoms with E-state index in [4.69, 9.17) is 0 Å². The van der Waals surface area contributed by atoms with Gasteiger partial charge >= 0.3 is 0 Å². The summed E-state index contributed by atoms with van der Waals surface area (Å²) >= 11 is 1.12. The van der Waals surface area contributed by atoms with Crippen molar-refractivity contribution in [3.05, 3.63) is 22.5 Å². The molecule has 0 aliphatic carbocycles. The Morgan fingerprint density at radius 1 is 1.56 bits per heavy atom. The Labute approximate surface area is 93.3 Å². The van der Waals surface area contributed by atoms with Crippen LogP contribution in [0.2, 0.25) is 0 Å². The summed E-state index contributed by atoms with van der Waals surface area (Å²) < 4.78 is 25.0. The van der Waals surface area contributed by atoms with Crippen LogP contribution in [0.1, 0.15) is 27.5 Å². The van der Waals surface area contributed by atoms with Gasteiger partial charge in [0.2, 0.25) is 0 Å². The quantitative estimate of drug-likeness (QED) is 0.843. The normalized spacial score (nSPS) is 11.0. The minimum absolute atomic E-state index is 0.238. The van der Waals surface area contributed by atoms with E-state index in [1.807, 2.05) is 0 Å². The molecular weight excluding hydrogens is 236 g/mol. The van der Waals surface area contributed by atoms with E-state index < -0.39 is 6.43 Å². The molecule has 2 rings (SSSR count). The smallest absolute Gasteiger partial charge is 0.281 e. The maximum atomic E-state index is 12.5. The van der Waals surface area contributed by atoms with Gasteiger partial charge in [-0.05, 0) is 6.92 Å². The summed E-state index contributed by atoms with van der Waals surface area (Å²) in [7, 11) is 0. The number of nitrogens with one attached hydrogen (secondary N) is 1. The first-order chi connectivity index (χ1) is 7.63. The van der Waals surface area contributed by atoms with Gasteiger partial charge in [0, 0.05) is 4.88 Å². The molecule has 2 heterocycles. The lowest BCUT2D eigenvalue weighted by molar-refractivity contribution is 0.111. The molecule has 0 aliphatic heterocycles. The van der Waals surface area contributed by atoms with Gasteiger partial charge in [0.05, 0.1) is 11.8 Å². The van der Waals surface area contributed by atoms with Crippen LogP contribution in [0.4, 0.5) is 8.78 Å². The van der Waals surface area contributed by atoms with Gasteiger partial charge < -0.3 is 0 Å². The van der Waals surface area contributed by atoms with Crippen molar-refractivity contribution in [2.75, 3.05) is 0 Å². The lowest BCUT2D eigenvalue weighted by Crippen LogP contribution is -1.88. The number of rotatable bonds is 3. The number of carbonyl (C=O) groups is 1. The molecule has 84 valence electrons. The molecule has 0 fully saturated rings. The number of carbonyl (C=O) groups excluding carboxylic acids is 1. The zero-order valence-electron chi connectivity index (χ0n) is 8.20. The Kier molecular flexibility index (Phi) is 2.78. The number of alkyl halides is 2. The monoisotopic (exact) mass is 243 g/mol. The first-order valence-corrected chi connectivity index (χ1v) is 5.19. The Bertz CT molecular complexity index is 521. The van der Waals surface area contributed by atoms with Crippen molar-refractivity contribution in [1.29, 1.82) is 0 Å². The highest BCUT2D eigenvalue weighted by atomic mass is 32.1. The van der Waals surface area contributed by atoms with Gasteiger partial charge in [-0.15, -0.1) is 11.3 Å². The Balaban J connectivity index is 2.49. The summed E-state index contributed by atoms with van der Waals surface area (Å²) in [6.45, 7) is 1.57. The molecule has 2 aromatic rings. The number of hydrogen-bond acceptors (Lipinski definition) is 4. The van der Waals surface area contributed by atoms with E-state index in [-0.39, 0.29) is 11.4 Å². The first kappa shape index (κ1) is 10.9. The van der Waals surface area contributed by atoms with Crippen LogP contribution in [0.15, 0.2) is 6.20 Å². The van der Waals surface area contributed by atoms with Crippen LogP contribution in [-0.2, 0) is 0 Å². The van der Waals surface area contributed by atoms with Gasteiger partial charge in [-0.25, -0.2) is 13.8 Å². The molecule has 0 radical (unpaired) electrons. The zero-order valence-corrected chi connectivity index (χ0v) is 9.02. The summed E-state index contributed by atoms with van der Waals surface area (Å²) in [5.41, 5.74) is 0.461. The third kappa shape index (κ3) is 1.73. The van der Waals surface area contributed by atoms with Crippen molar-refractivity contribution >= 4 is 17.6 Å². The maximum Gasteiger partial charge on any atom is 0.281 e. The molecule has 0 aliphatic rings. The second-order valence-electron chi connectivity index (χ2n) is 3.08. The third-order valence-corrected chi connectivity index (χ3v) is 3.08. The first-order valence-electron chi connectivity index (χ1n) is 4.38. The van der Waals surface area contributed by atoms with Crippen LogP contribution in [0.25, 0.3) is 10.6 Å². The Morgan fingerprint density at radius 2 is 2.31 bits per heavy atom. The lowest BCUT2D eigenvalue weighted by atomic mass is 10.3. The van der Waals surface area contributed by atoms with Crippen LogP contribution in [0.5, 0.6) is 0 Å². The number of thiazole rings is 1. The highest BCUT2D eigenvalue weighted by Gasteiger charge is 2.19. The van der Waals surface area contributed by atoms with E-state index in [1.165, 1.54) is 6.20 Å². The summed E-state index contributed by atoms with van der Waals surface area (Å²) in [4.78, 5) is 14.9. The minimum Gasteiger partial charge on any atom is -0.296 e. The molecule has 0 saturated heterocycles. The highest BCUT2D eigenvalue weighted by Crippen LogP contribution is 2.32. The summed E-state index contributed by atoms with van der Waals surface area (Å²) in [5.74, 6) is 0. The van der Waals surface area contributed by atoms with Crippen molar-refractivity contribution in [1.82, 2.24) is 15.2 Å². The second-order valence-corrected chi connectivity index (χ2v) is 4.28. The number of aldehydes is 1. The standard InChI is InChI=1S/C9H7F2N3OS/c1-4-7(8(10)11)13-9(16-4)5-2-12-14-6(5)3-15/h2-3,8H,1H3,(H,12,14). The van der Waals surface area contributed by atoms with Crippen molar-refractivity contribution < 1.29 is 13.6 Å². The topological polar surface area (TPSA) is 58.6 Å². The van der Waals surface area contributed by atoms with Crippen LogP contribution in [0.3, 0.4) is 0 Å². The van der Waals surface area contributed by atoms with Gasteiger partial charge in [-0.1, -0.05) is 0 Å². The predicted molar refractivity (Wildman–Crippen MR) is 54.8 cm³/mol. The number of halogens is 2. The van der Waals surface area contributed by atoms with Gasteiger partial charge in [0.25, 0.3) is 6.43 Å². The number of aromatic amines is 1. The Morgan fingerprint density at radius 3 is 2.88 bits per heavy atom. The van der Waals surface area contributed by atoms with E-state index in [0.717, 1.165) is 11.3 Å². The fourth-order valence-electron chi connectivity index (χ4n) is 1.28. The van der Waals surface area contributed by atoms with Crippen molar-refractivity contribution in [3.63, 3.8) is 0 Å². The van der Waals surface area contributed by atoms with Crippen LogP contribution in [-0.4, -0.2) is 21.5 Å². The number of aromatic nitrogens is 3. The molecule has 2 aromatic heterocycles. The van der Waals surface area contributed by atoms with E-state index in [1.54, 1.807) is 6.92 Å². The number of H-pyrrole nitrogens is 1. The number of hydrogen-bond donors (Lipinski definition) is 1. The lowest BCUT2D eigenvalue weighted by Gasteiger charge is -1.92. The SMILES string of the molecule is Cc1sc(-c2cn[nH]c2C=O)nc1C(F)F. The average Bonchev–Trinajstić information content (AvgIpc) is 2.82. The van der Waals surface area contributed by atoms with Crippen LogP contribution >= 0.6 is 11.3 Å². The molecule has 0 atom stereocenters.